The molecule has 0 amide bonds. The normalized spacial score (nSPS) is 13.2. The van der Waals surface area contributed by atoms with Gasteiger partial charge in [0, 0.05) is 6.92 Å². The molecule has 0 aromatic carbocycles. The highest BCUT2D eigenvalue weighted by atomic mass is 32.2. The molecule has 80 valence electrons. The minimum atomic E-state index is -5.26. The summed E-state index contributed by atoms with van der Waals surface area (Å²) in [5.74, 6) is 0.327. The van der Waals surface area contributed by atoms with Crippen molar-refractivity contribution in [2.24, 2.45) is 7.05 Å². The largest absolute Gasteiger partial charge is 0.505 e. The van der Waals surface area contributed by atoms with E-state index < -0.39 is 20.4 Å². The molecule has 1 heterocycles. The smallest absolute Gasteiger partial charge is 0.247 e. The zero-order valence-corrected chi connectivity index (χ0v) is 8.20. The van der Waals surface area contributed by atoms with Crippen molar-refractivity contribution in [1.82, 2.24) is 4.98 Å². The number of sulfone groups is 1. The lowest BCUT2D eigenvalue weighted by Crippen LogP contribution is -2.39. The highest BCUT2D eigenvalue weighted by Gasteiger charge is 2.51. The van der Waals surface area contributed by atoms with Crippen molar-refractivity contribution < 1.29 is 26.2 Å². The Morgan fingerprint density at radius 1 is 1.43 bits per heavy atom. The van der Waals surface area contributed by atoms with Crippen LogP contribution in [0.5, 0.6) is 0 Å². The van der Waals surface area contributed by atoms with Crippen LogP contribution in [0.15, 0.2) is 11.2 Å². The number of rotatable bonds is 1. The fraction of sp³-hybridized carbons (Fsp3) is 0.500. The van der Waals surface area contributed by atoms with E-state index in [-0.39, 0.29) is 0 Å². The Bertz CT molecular complexity index is 446. The Morgan fingerprint density at radius 3 is 2.21 bits per heavy atom. The van der Waals surface area contributed by atoms with E-state index in [9.17, 15) is 21.6 Å². The van der Waals surface area contributed by atoms with E-state index in [0.717, 1.165) is 10.8 Å². The minimum Gasteiger partial charge on any atom is -0.247 e. The monoisotopic (exact) mass is 229 g/mol. The van der Waals surface area contributed by atoms with Crippen LogP contribution >= 0.6 is 0 Å². The molecule has 1 aromatic rings. The molecule has 1 N–H and O–H groups in total. The number of hydrogen-bond donors (Lipinski definition) is 1. The molecule has 4 nitrogen and oxygen atoms in total. The van der Waals surface area contributed by atoms with Crippen molar-refractivity contribution in [3.8, 4) is 0 Å². The van der Waals surface area contributed by atoms with Crippen LogP contribution in [0.1, 0.15) is 5.82 Å². The number of imidazole rings is 1. The first-order chi connectivity index (χ1) is 6.18. The number of nitrogens with one attached hydrogen (secondary N) is 1. The first-order valence-corrected chi connectivity index (χ1v) is 5.01. The van der Waals surface area contributed by atoms with Gasteiger partial charge in [-0.15, -0.1) is 0 Å². The number of aromatic amines is 1. The molecule has 0 unspecified atom stereocenters. The fourth-order valence-electron chi connectivity index (χ4n) is 0.902. The quantitative estimate of drug-likeness (QED) is 0.710. The lowest BCUT2D eigenvalue weighted by molar-refractivity contribution is -0.713. The maximum atomic E-state index is 12.1. The zero-order chi connectivity index (χ0) is 11.1. The van der Waals surface area contributed by atoms with Gasteiger partial charge in [-0.3, -0.25) is 0 Å². The molecule has 0 aliphatic heterocycles. The number of nitrogens with zero attached hydrogens (tertiary/aromatic N) is 1. The van der Waals surface area contributed by atoms with Gasteiger partial charge in [0.2, 0.25) is 0 Å². The average molecular weight is 229 g/mol. The van der Waals surface area contributed by atoms with Gasteiger partial charge in [-0.25, -0.2) is 18.0 Å². The molecule has 0 atom stereocenters. The Kier molecular flexibility index (Phi) is 2.34. The third kappa shape index (κ3) is 1.49. The third-order valence-electron chi connectivity index (χ3n) is 1.82. The summed E-state index contributed by atoms with van der Waals surface area (Å²) in [6.45, 7) is 1.47. The second kappa shape index (κ2) is 2.97. The minimum absolute atomic E-state index is 0.327. The number of alkyl halides is 3. The molecule has 0 aliphatic carbocycles. The molecule has 0 aliphatic rings. The Balaban J connectivity index is 3.39. The van der Waals surface area contributed by atoms with Gasteiger partial charge in [0.25, 0.3) is 10.9 Å². The van der Waals surface area contributed by atoms with E-state index in [0.29, 0.717) is 5.82 Å². The second-order valence-corrected chi connectivity index (χ2v) is 4.61. The van der Waals surface area contributed by atoms with Crippen molar-refractivity contribution in [3.05, 3.63) is 12.0 Å². The maximum absolute atomic E-state index is 12.1. The standard InChI is InChI=1S/C6H7F3N2O2S/c1-4-10-3-5(11(4)2)14(12,13)6(7,8)9/h3H,1-2H3/p+1. The van der Waals surface area contributed by atoms with Crippen LogP contribution in [-0.2, 0) is 16.9 Å². The number of aromatic nitrogens is 2. The van der Waals surface area contributed by atoms with Crippen molar-refractivity contribution in [2.75, 3.05) is 0 Å². The van der Waals surface area contributed by atoms with Gasteiger partial charge in [-0.2, -0.15) is 13.2 Å². The molecule has 0 bridgehead atoms. The van der Waals surface area contributed by atoms with E-state index >= 15 is 0 Å². The molecular formula is C6H8F3N2O2S+. The van der Waals surface area contributed by atoms with Crippen LogP contribution in [0.2, 0.25) is 0 Å². The summed E-state index contributed by atoms with van der Waals surface area (Å²) in [5.41, 5.74) is -5.26. The fourth-order valence-corrected chi connectivity index (χ4v) is 1.85. The molecule has 1 rings (SSSR count). The molecule has 8 heteroatoms. The van der Waals surface area contributed by atoms with Gasteiger partial charge in [0.15, 0.2) is 0 Å². The van der Waals surface area contributed by atoms with Crippen molar-refractivity contribution >= 4 is 9.84 Å². The summed E-state index contributed by atoms with van der Waals surface area (Å²) < 4.78 is 59.1. The van der Waals surface area contributed by atoms with E-state index in [1.54, 1.807) is 0 Å². The number of hydrogen-bond acceptors (Lipinski definition) is 2. The van der Waals surface area contributed by atoms with Gasteiger partial charge in [0.05, 0.1) is 7.05 Å². The van der Waals surface area contributed by atoms with Crippen LogP contribution in [0, 0.1) is 6.92 Å². The number of aryl methyl sites for hydroxylation is 1. The SMILES string of the molecule is Cc1[nH]cc(S(=O)(=O)C(F)(F)F)[n+]1C. The summed E-state index contributed by atoms with van der Waals surface area (Å²) in [4.78, 5) is 2.40. The highest BCUT2D eigenvalue weighted by Crippen LogP contribution is 2.28. The first kappa shape index (κ1) is 11.0. The molecule has 0 fully saturated rings. The number of halogens is 3. The van der Waals surface area contributed by atoms with E-state index in [4.69, 9.17) is 0 Å². The molecular weight excluding hydrogens is 221 g/mol. The van der Waals surface area contributed by atoms with Gasteiger partial charge in [-0.05, 0) is 0 Å². The Morgan fingerprint density at radius 2 is 1.93 bits per heavy atom. The topological polar surface area (TPSA) is 53.8 Å². The lowest BCUT2D eigenvalue weighted by Gasteiger charge is -2.04. The van der Waals surface area contributed by atoms with Crippen molar-refractivity contribution in [1.29, 1.82) is 0 Å². The van der Waals surface area contributed by atoms with Crippen LogP contribution < -0.4 is 4.57 Å². The first-order valence-electron chi connectivity index (χ1n) is 3.53. The molecule has 1 aromatic heterocycles. The maximum Gasteiger partial charge on any atom is 0.505 e. The van der Waals surface area contributed by atoms with Gasteiger partial charge in [0.1, 0.15) is 6.20 Å². The Hall–Kier alpha value is -1.05. The van der Waals surface area contributed by atoms with E-state index in [2.05, 4.69) is 4.98 Å². The summed E-state index contributed by atoms with van der Waals surface area (Å²) in [5, 5.41) is -0.789. The Labute approximate surface area is 78.3 Å². The summed E-state index contributed by atoms with van der Waals surface area (Å²) in [7, 11) is -4.01. The zero-order valence-electron chi connectivity index (χ0n) is 7.38. The molecule has 0 saturated heterocycles. The van der Waals surface area contributed by atoms with E-state index in [1.165, 1.54) is 14.0 Å². The van der Waals surface area contributed by atoms with Crippen molar-refractivity contribution in [2.45, 2.75) is 17.5 Å². The lowest BCUT2D eigenvalue weighted by atomic mass is 10.7. The molecule has 0 spiro atoms. The average Bonchev–Trinajstić information content (AvgIpc) is 2.30. The van der Waals surface area contributed by atoms with Gasteiger partial charge >= 0.3 is 15.3 Å². The predicted octanol–water partition coefficient (Wildman–Crippen LogP) is 0.441. The van der Waals surface area contributed by atoms with Crippen LogP contribution in [0.4, 0.5) is 13.2 Å². The van der Waals surface area contributed by atoms with Crippen LogP contribution in [0.25, 0.3) is 0 Å². The van der Waals surface area contributed by atoms with Crippen LogP contribution in [0.3, 0.4) is 0 Å². The van der Waals surface area contributed by atoms with E-state index in [1.807, 2.05) is 0 Å². The van der Waals surface area contributed by atoms with Crippen molar-refractivity contribution in [3.63, 3.8) is 0 Å². The predicted molar refractivity (Wildman–Crippen MR) is 39.9 cm³/mol. The molecule has 0 saturated carbocycles. The summed E-state index contributed by atoms with van der Waals surface area (Å²) in [6.07, 6.45) is 0.818. The molecule has 0 radical (unpaired) electrons. The highest BCUT2D eigenvalue weighted by molar-refractivity contribution is 7.92. The third-order valence-corrected chi connectivity index (χ3v) is 3.37. The van der Waals surface area contributed by atoms with Gasteiger partial charge in [-0.1, -0.05) is 0 Å². The molecule has 14 heavy (non-hydrogen) atoms. The summed E-state index contributed by atoms with van der Waals surface area (Å²) >= 11 is 0. The van der Waals surface area contributed by atoms with Gasteiger partial charge < -0.3 is 0 Å². The summed E-state index contributed by atoms with van der Waals surface area (Å²) in [6, 6.07) is 0. The van der Waals surface area contributed by atoms with Crippen LogP contribution in [-0.4, -0.2) is 18.9 Å². The number of H-pyrrole nitrogens is 1. The second-order valence-electron chi connectivity index (χ2n) is 2.72.